The molecule has 2 rings (SSSR count). The van der Waals surface area contributed by atoms with Crippen LogP contribution < -0.4 is 10.1 Å². The van der Waals surface area contributed by atoms with Gasteiger partial charge in [0.05, 0.1) is 0 Å². The minimum Gasteiger partial charge on any atom is -0.489 e. The second-order valence-corrected chi connectivity index (χ2v) is 5.62. The van der Waals surface area contributed by atoms with Crippen molar-refractivity contribution in [1.29, 1.82) is 0 Å². The molecule has 0 bridgehead atoms. The third-order valence-electron chi connectivity index (χ3n) is 3.80. The third-order valence-corrected chi connectivity index (χ3v) is 3.80. The predicted molar refractivity (Wildman–Crippen MR) is 91.5 cm³/mol. The van der Waals surface area contributed by atoms with Gasteiger partial charge in [-0.2, -0.15) is 0 Å². The number of benzene rings is 1. The van der Waals surface area contributed by atoms with Gasteiger partial charge in [-0.1, -0.05) is 24.8 Å². The molecule has 1 aromatic carbocycles. The lowest BCUT2D eigenvalue weighted by atomic mass is 10.1. The summed E-state index contributed by atoms with van der Waals surface area (Å²) < 4.78 is 19.7. The summed E-state index contributed by atoms with van der Waals surface area (Å²) in [5, 5.41) is 12.0. The van der Waals surface area contributed by atoms with E-state index >= 15 is 0 Å². The fourth-order valence-electron chi connectivity index (χ4n) is 2.56. The first-order chi connectivity index (χ1) is 11.5. The number of carboxylic acid groups (broad SMARTS) is 1. The van der Waals surface area contributed by atoms with E-state index < -0.39 is 11.8 Å². The standard InChI is InChI=1S/C19H22FNO3/c1-3-4-15(19-13(2)9-10-21-19)12-24-16-7-5-14(17(20)11-16)6-8-18(22)23/h3-5,7,11,21H,2,6,8-10,12H2,1H3,(H,22,23)/b4-3-,19-15-. The zero-order valence-electron chi connectivity index (χ0n) is 13.8. The lowest BCUT2D eigenvalue weighted by molar-refractivity contribution is -0.136. The number of aliphatic carboxylic acids is 1. The van der Waals surface area contributed by atoms with Gasteiger partial charge in [0, 0.05) is 30.3 Å². The molecule has 1 saturated heterocycles. The molecule has 0 aliphatic carbocycles. The summed E-state index contributed by atoms with van der Waals surface area (Å²) in [6, 6.07) is 4.53. The van der Waals surface area contributed by atoms with Gasteiger partial charge in [0.1, 0.15) is 18.2 Å². The Bertz CT molecular complexity index is 692. The van der Waals surface area contributed by atoms with Gasteiger partial charge in [-0.3, -0.25) is 4.79 Å². The Morgan fingerprint density at radius 2 is 2.29 bits per heavy atom. The Hall–Kier alpha value is -2.56. The number of nitrogens with one attached hydrogen (secondary N) is 1. The van der Waals surface area contributed by atoms with Gasteiger partial charge in [-0.05, 0) is 37.0 Å². The number of carbonyl (C=O) groups is 1. The van der Waals surface area contributed by atoms with Crippen molar-refractivity contribution in [3.05, 3.63) is 65.2 Å². The van der Waals surface area contributed by atoms with Crippen molar-refractivity contribution in [1.82, 2.24) is 5.32 Å². The van der Waals surface area contributed by atoms with Crippen molar-refractivity contribution in [3.8, 4) is 5.75 Å². The van der Waals surface area contributed by atoms with Gasteiger partial charge < -0.3 is 15.2 Å². The molecule has 5 heteroatoms. The number of hydrogen-bond acceptors (Lipinski definition) is 3. The van der Waals surface area contributed by atoms with Crippen molar-refractivity contribution >= 4 is 5.97 Å². The molecule has 1 aliphatic heterocycles. The van der Waals surface area contributed by atoms with E-state index in [1.807, 2.05) is 19.1 Å². The van der Waals surface area contributed by atoms with Crippen LogP contribution in [0.2, 0.25) is 0 Å². The first-order valence-corrected chi connectivity index (χ1v) is 7.92. The van der Waals surface area contributed by atoms with Crippen molar-refractivity contribution in [2.45, 2.75) is 26.2 Å². The van der Waals surface area contributed by atoms with E-state index in [9.17, 15) is 9.18 Å². The van der Waals surface area contributed by atoms with Crippen LogP contribution in [0.4, 0.5) is 4.39 Å². The van der Waals surface area contributed by atoms with E-state index in [0.717, 1.165) is 29.8 Å². The van der Waals surface area contributed by atoms with Crippen LogP contribution in [0, 0.1) is 5.82 Å². The molecule has 0 saturated carbocycles. The van der Waals surface area contributed by atoms with Crippen LogP contribution in [0.15, 0.2) is 53.8 Å². The van der Waals surface area contributed by atoms with Gasteiger partial charge in [-0.15, -0.1) is 0 Å². The first kappa shape index (κ1) is 17.8. The Kier molecular flexibility index (Phi) is 6.18. The molecule has 0 radical (unpaired) electrons. The van der Waals surface area contributed by atoms with E-state index in [1.54, 1.807) is 12.1 Å². The maximum absolute atomic E-state index is 14.0. The van der Waals surface area contributed by atoms with Crippen molar-refractivity contribution in [2.75, 3.05) is 13.2 Å². The van der Waals surface area contributed by atoms with Crippen LogP contribution >= 0.6 is 0 Å². The largest absolute Gasteiger partial charge is 0.489 e. The minimum absolute atomic E-state index is 0.0948. The topological polar surface area (TPSA) is 58.6 Å². The monoisotopic (exact) mass is 331 g/mol. The number of halogens is 1. The molecule has 128 valence electrons. The summed E-state index contributed by atoms with van der Waals surface area (Å²) in [5.74, 6) is -0.975. The molecule has 0 aromatic heterocycles. The highest BCUT2D eigenvalue weighted by Crippen LogP contribution is 2.23. The Balaban J connectivity index is 2.06. The molecule has 0 spiro atoms. The van der Waals surface area contributed by atoms with E-state index in [1.165, 1.54) is 6.07 Å². The summed E-state index contributed by atoms with van der Waals surface area (Å²) in [6.07, 6.45) is 4.86. The Labute approximate surface area is 141 Å². The smallest absolute Gasteiger partial charge is 0.303 e. The molecule has 0 unspecified atom stereocenters. The lowest BCUT2D eigenvalue weighted by Crippen LogP contribution is -2.11. The van der Waals surface area contributed by atoms with Crippen LogP contribution in [-0.4, -0.2) is 24.2 Å². The van der Waals surface area contributed by atoms with E-state index in [-0.39, 0.29) is 12.8 Å². The molecule has 1 aromatic rings. The van der Waals surface area contributed by atoms with Gasteiger partial charge in [0.2, 0.25) is 0 Å². The summed E-state index contributed by atoms with van der Waals surface area (Å²) >= 11 is 0. The van der Waals surface area contributed by atoms with E-state index in [2.05, 4.69) is 11.9 Å². The zero-order chi connectivity index (χ0) is 17.5. The Morgan fingerprint density at radius 3 is 2.88 bits per heavy atom. The molecular weight excluding hydrogens is 309 g/mol. The SMILES string of the molecule is C=C1CCN/C1=C(/C=C\C)COc1ccc(CCC(=O)O)c(F)c1. The van der Waals surface area contributed by atoms with Crippen molar-refractivity contribution < 1.29 is 19.0 Å². The number of carboxylic acids is 1. The van der Waals surface area contributed by atoms with Gasteiger partial charge in [-0.25, -0.2) is 4.39 Å². The first-order valence-electron chi connectivity index (χ1n) is 7.92. The molecule has 24 heavy (non-hydrogen) atoms. The van der Waals surface area contributed by atoms with E-state index in [0.29, 0.717) is 17.9 Å². The second kappa shape index (κ2) is 8.34. The Morgan fingerprint density at radius 1 is 1.50 bits per heavy atom. The van der Waals surface area contributed by atoms with Gasteiger partial charge >= 0.3 is 5.97 Å². The molecule has 1 aliphatic rings. The van der Waals surface area contributed by atoms with Crippen LogP contribution in [0.3, 0.4) is 0 Å². The fourth-order valence-corrected chi connectivity index (χ4v) is 2.56. The summed E-state index contributed by atoms with van der Waals surface area (Å²) in [7, 11) is 0. The van der Waals surface area contributed by atoms with Gasteiger partial charge in [0.15, 0.2) is 0 Å². The quantitative estimate of drug-likeness (QED) is 0.801. The predicted octanol–water partition coefficient (Wildman–Crippen LogP) is 3.60. The van der Waals surface area contributed by atoms with Crippen molar-refractivity contribution in [3.63, 3.8) is 0 Å². The highest BCUT2D eigenvalue weighted by atomic mass is 19.1. The minimum atomic E-state index is -0.943. The van der Waals surface area contributed by atoms with Crippen LogP contribution in [-0.2, 0) is 11.2 Å². The number of allylic oxidation sites excluding steroid dienone is 2. The van der Waals surface area contributed by atoms with Crippen LogP contribution in [0.1, 0.15) is 25.3 Å². The fraction of sp³-hybridized carbons (Fsp3) is 0.316. The second-order valence-electron chi connectivity index (χ2n) is 5.62. The highest BCUT2D eigenvalue weighted by Gasteiger charge is 2.15. The van der Waals surface area contributed by atoms with Gasteiger partial charge in [0.25, 0.3) is 0 Å². The number of rotatable bonds is 7. The third kappa shape index (κ3) is 4.72. The molecule has 0 atom stereocenters. The molecule has 0 amide bonds. The van der Waals surface area contributed by atoms with Crippen LogP contribution in [0.25, 0.3) is 0 Å². The highest BCUT2D eigenvalue weighted by molar-refractivity contribution is 5.67. The molecule has 2 N–H and O–H groups in total. The summed E-state index contributed by atoms with van der Waals surface area (Å²) in [4.78, 5) is 10.6. The maximum Gasteiger partial charge on any atom is 0.303 e. The zero-order valence-corrected chi connectivity index (χ0v) is 13.8. The molecular formula is C19H22FNO3. The molecule has 4 nitrogen and oxygen atoms in total. The van der Waals surface area contributed by atoms with Crippen molar-refractivity contribution in [2.24, 2.45) is 0 Å². The van der Waals surface area contributed by atoms with E-state index in [4.69, 9.17) is 9.84 Å². The molecule has 1 heterocycles. The summed E-state index contributed by atoms with van der Waals surface area (Å²) in [6.45, 7) is 7.13. The number of hydrogen-bond donors (Lipinski definition) is 2. The normalized spacial score (nSPS) is 16.3. The summed E-state index contributed by atoms with van der Waals surface area (Å²) in [5.41, 5.74) is 3.38. The number of ether oxygens (including phenoxy) is 1. The molecule has 1 fully saturated rings. The lowest BCUT2D eigenvalue weighted by Gasteiger charge is -2.12. The number of aryl methyl sites for hydroxylation is 1. The van der Waals surface area contributed by atoms with Crippen LogP contribution in [0.5, 0.6) is 5.75 Å². The average molecular weight is 331 g/mol. The maximum atomic E-state index is 14.0. The average Bonchev–Trinajstić information content (AvgIpc) is 2.96.